The third-order valence-corrected chi connectivity index (χ3v) is 2.90. The maximum absolute atomic E-state index is 5.84. The predicted molar refractivity (Wildman–Crippen MR) is 69.5 cm³/mol. The second kappa shape index (κ2) is 4.87. The SMILES string of the molecule is CC(C)N(CCCl)c1ncnc2c1cnn2C. The molecule has 0 N–H and O–H groups in total. The van der Waals surface area contributed by atoms with Gasteiger partial charge in [0.15, 0.2) is 5.65 Å². The van der Waals surface area contributed by atoms with Crippen LogP contribution < -0.4 is 4.90 Å². The highest BCUT2D eigenvalue weighted by Gasteiger charge is 2.16. The van der Waals surface area contributed by atoms with Crippen LogP contribution in [0.4, 0.5) is 5.82 Å². The van der Waals surface area contributed by atoms with Crippen LogP contribution in [-0.4, -0.2) is 38.2 Å². The van der Waals surface area contributed by atoms with Gasteiger partial charge in [0, 0.05) is 25.5 Å². The lowest BCUT2D eigenvalue weighted by molar-refractivity contribution is 0.697. The summed E-state index contributed by atoms with van der Waals surface area (Å²) in [6, 6.07) is 0.340. The van der Waals surface area contributed by atoms with Gasteiger partial charge in [-0.1, -0.05) is 0 Å². The van der Waals surface area contributed by atoms with Crippen molar-refractivity contribution < 1.29 is 0 Å². The maximum Gasteiger partial charge on any atom is 0.163 e. The van der Waals surface area contributed by atoms with Crippen molar-refractivity contribution in [1.29, 1.82) is 0 Å². The fourth-order valence-electron chi connectivity index (χ4n) is 1.88. The lowest BCUT2D eigenvalue weighted by atomic mass is 10.3. The van der Waals surface area contributed by atoms with E-state index >= 15 is 0 Å². The third kappa shape index (κ3) is 2.20. The number of aromatic nitrogens is 4. The molecule has 5 nitrogen and oxygen atoms in total. The van der Waals surface area contributed by atoms with E-state index in [4.69, 9.17) is 11.6 Å². The van der Waals surface area contributed by atoms with Crippen molar-refractivity contribution >= 4 is 28.5 Å². The molecule has 0 aliphatic rings. The highest BCUT2D eigenvalue weighted by Crippen LogP contribution is 2.23. The first-order valence-corrected chi connectivity index (χ1v) is 6.14. The summed E-state index contributed by atoms with van der Waals surface area (Å²) in [6.45, 7) is 5.01. The largest absolute Gasteiger partial charge is 0.352 e. The maximum atomic E-state index is 5.84. The molecule has 6 heteroatoms. The van der Waals surface area contributed by atoms with Gasteiger partial charge in [0.2, 0.25) is 0 Å². The van der Waals surface area contributed by atoms with Gasteiger partial charge in [0.1, 0.15) is 12.1 Å². The summed E-state index contributed by atoms with van der Waals surface area (Å²) in [4.78, 5) is 10.8. The smallest absolute Gasteiger partial charge is 0.163 e. The molecule has 0 amide bonds. The van der Waals surface area contributed by atoms with Gasteiger partial charge in [0.25, 0.3) is 0 Å². The summed E-state index contributed by atoms with van der Waals surface area (Å²) < 4.78 is 1.75. The van der Waals surface area contributed by atoms with Gasteiger partial charge in [-0.05, 0) is 13.8 Å². The summed E-state index contributed by atoms with van der Waals surface area (Å²) >= 11 is 5.84. The number of halogens is 1. The van der Waals surface area contributed by atoms with Crippen LogP contribution >= 0.6 is 11.6 Å². The number of fused-ring (bicyclic) bond motifs is 1. The van der Waals surface area contributed by atoms with Gasteiger partial charge in [-0.25, -0.2) is 9.97 Å². The number of hydrogen-bond acceptors (Lipinski definition) is 4. The summed E-state index contributed by atoms with van der Waals surface area (Å²) in [7, 11) is 1.88. The Hall–Kier alpha value is -1.36. The quantitative estimate of drug-likeness (QED) is 0.780. The van der Waals surface area contributed by atoms with Crippen molar-refractivity contribution in [3.63, 3.8) is 0 Å². The minimum Gasteiger partial charge on any atom is -0.352 e. The summed E-state index contributed by atoms with van der Waals surface area (Å²) in [5.74, 6) is 1.47. The van der Waals surface area contributed by atoms with Gasteiger partial charge < -0.3 is 4.90 Å². The average Bonchev–Trinajstić information content (AvgIpc) is 2.68. The van der Waals surface area contributed by atoms with Crippen molar-refractivity contribution in [2.24, 2.45) is 7.05 Å². The van der Waals surface area contributed by atoms with Crippen molar-refractivity contribution in [3.05, 3.63) is 12.5 Å². The predicted octanol–water partition coefficient (Wildman–Crippen LogP) is 1.82. The molecule has 0 saturated carbocycles. The van der Waals surface area contributed by atoms with E-state index in [2.05, 4.69) is 33.8 Å². The van der Waals surface area contributed by atoms with Crippen LogP contribution in [0.15, 0.2) is 12.5 Å². The van der Waals surface area contributed by atoms with Crippen LogP contribution in [0.25, 0.3) is 11.0 Å². The average molecular weight is 254 g/mol. The minimum atomic E-state index is 0.340. The summed E-state index contributed by atoms with van der Waals surface area (Å²) in [6.07, 6.45) is 3.37. The molecule has 0 aliphatic heterocycles. The molecule has 0 saturated heterocycles. The molecule has 0 aliphatic carbocycles. The van der Waals surface area contributed by atoms with E-state index in [0.717, 1.165) is 23.4 Å². The molecule has 0 radical (unpaired) electrons. The Kier molecular flexibility index (Phi) is 3.47. The molecule has 0 atom stereocenters. The van der Waals surface area contributed by atoms with Crippen molar-refractivity contribution in [2.45, 2.75) is 19.9 Å². The topological polar surface area (TPSA) is 46.8 Å². The summed E-state index contributed by atoms with van der Waals surface area (Å²) in [5.41, 5.74) is 0.843. The molecular weight excluding hydrogens is 238 g/mol. The number of anilines is 1. The first-order valence-electron chi connectivity index (χ1n) is 5.60. The van der Waals surface area contributed by atoms with E-state index in [1.807, 2.05) is 7.05 Å². The van der Waals surface area contributed by atoms with E-state index in [-0.39, 0.29) is 0 Å². The molecule has 0 fully saturated rings. The van der Waals surface area contributed by atoms with Crippen molar-refractivity contribution in [2.75, 3.05) is 17.3 Å². The first-order chi connectivity index (χ1) is 8.15. The second-order valence-electron chi connectivity index (χ2n) is 4.18. The monoisotopic (exact) mass is 253 g/mol. The third-order valence-electron chi connectivity index (χ3n) is 2.73. The Morgan fingerprint density at radius 3 is 2.82 bits per heavy atom. The number of alkyl halides is 1. The molecule has 0 aromatic carbocycles. The molecule has 2 rings (SSSR count). The zero-order chi connectivity index (χ0) is 12.4. The molecular formula is C11H16ClN5. The number of aryl methyl sites for hydroxylation is 1. The van der Waals surface area contributed by atoms with Crippen LogP contribution in [0.2, 0.25) is 0 Å². The van der Waals surface area contributed by atoms with E-state index < -0.39 is 0 Å². The lowest BCUT2D eigenvalue weighted by Crippen LogP contribution is -2.33. The zero-order valence-corrected chi connectivity index (χ0v) is 11.0. The van der Waals surface area contributed by atoms with E-state index in [0.29, 0.717) is 11.9 Å². The molecule has 0 spiro atoms. The molecule has 2 aromatic rings. The van der Waals surface area contributed by atoms with Crippen molar-refractivity contribution in [1.82, 2.24) is 19.7 Å². The second-order valence-corrected chi connectivity index (χ2v) is 4.56. The van der Waals surface area contributed by atoms with E-state index in [9.17, 15) is 0 Å². The van der Waals surface area contributed by atoms with E-state index in [1.165, 1.54) is 0 Å². The van der Waals surface area contributed by atoms with Gasteiger partial charge in [-0.2, -0.15) is 5.10 Å². The first kappa shape index (κ1) is 12.1. The van der Waals surface area contributed by atoms with Gasteiger partial charge in [-0.3, -0.25) is 4.68 Å². The van der Waals surface area contributed by atoms with Crippen LogP contribution in [-0.2, 0) is 7.05 Å². The van der Waals surface area contributed by atoms with Crippen LogP contribution in [0.3, 0.4) is 0 Å². The van der Waals surface area contributed by atoms with Crippen LogP contribution in [0.5, 0.6) is 0 Å². The Balaban J connectivity index is 2.52. The van der Waals surface area contributed by atoms with Gasteiger partial charge in [-0.15, -0.1) is 11.6 Å². The Labute approximate surface area is 105 Å². The van der Waals surface area contributed by atoms with Gasteiger partial charge in [0.05, 0.1) is 11.6 Å². The van der Waals surface area contributed by atoms with Gasteiger partial charge >= 0.3 is 0 Å². The zero-order valence-electron chi connectivity index (χ0n) is 10.3. The number of rotatable bonds is 4. The summed E-state index contributed by atoms with van der Waals surface area (Å²) in [5, 5.41) is 5.18. The van der Waals surface area contributed by atoms with Crippen molar-refractivity contribution in [3.8, 4) is 0 Å². The van der Waals surface area contributed by atoms with Crippen LogP contribution in [0, 0.1) is 0 Å². The lowest BCUT2D eigenvalue weighted by Gasteiger charge is -2.27. The molecule has 0 bridgehead atoms. The van der Waals surface area contributed by atoms with Crippen LogP contribution in [0.1, 0.15) is 13.8 Å². The molecule has 2 aromatic heterocycles. The fourth-order valence-corrected chi connectivity index (χ4v) is 2.06. The molecule has 17 heavy (non-hydrogen) atoms. The molecule has 92 valence electrons. The molecule has 0 unspecified atom stereocenters. The highest BCUT2D eigenvalue weighted by atomic mass is 35.5. The fraction of sp³-hybridized carbons (Fsp3) is 0.545. The number of nitrogens with zero attached hydrogens (tertiary/aromatic N) is 5. The normalized spacial score (nSPS) is 11.4. The number of hydrogen-bond donors (Lipinski definition) is 0. The van der Waals surface area contributed by atoms with E-state index in [1.54, 1.807) is 17.2 Å². The molecule has 2 heterocycles. The highest BCUT2D eigenvalue weighted by molar-refractivity contribution is 6.18. The Morgan fingerprint density at radius 1 is 1.41 bits per heavy atom. The Bertz CT molecular complexity index is 508. The minimum absolute atomic E-state index is 0.340. The Morgan fingerprint density at radius 2 is 2.18 bits per heavy atom. The standard InChI is InChI=1S/C11H16ClN5/c1-8(2)17(5-4-12)11-9-6-15-16(3)10(9)13-7-14-11/h6-8H,4-5H2,1-3H3.